The van der Waals surface area contributed by atoms with E-state index in [2.05, 4.69) is 14.6 Å². The summed E-state index contributed by atoms with van der Waals surface area (Å²) < 4.78 is 47.1. The lowest BCUT2D eigenvalue weighted by Gasteiger charge is -2.11. The number of nitrogens with one attached hydrogen (secondary N) is 1. The predicted molar refractivity (Wildman–Crippen MR) is 101 cm³/mol. The maximum atomic E-state index is 13.2. The summed E-state index contributed by atoms with van der Waals surface area (Å²) >= 11 is 0. The van der Waals surface area contributed by atoms with Crippen LogP contribution in [0, 0.1) is 12.7 Å². The molecule has 3 aromatic rings. The highest BCUT2D eigenvalue weighted by molar-refractivity contribution is 7.92. The number of aryl methyl sites for hydroxylation is 1. The molecule has 0 fully saturated rings. The summed E-state index contributed by atoms with van der Waals surface area (Å²) in [7, 11) is -2.60. The zero-order chi connectivity index (χ0) is 20.3. The van der Waals surface area contributed by atoms with E-state index in [-0.39, 0.29) is 17.1 Å². The quantitative estimate of drug-likeness (QED) is 0.639. The van der Waals surface area contributed by atoms with E-state index in [1.807, 2.05) is 0 Å². The fourth-order valence-corrected chi connectivity index (χ4v) is 3.61. The maximum absolute atomic E-state index is 13.2. The number of carbonyl (C=O) groups excluding carboxylic acids is 1. The van der Waals surface area contributed by atoms with Crippen LogP contribution in [-0.4, -0.2) is 31.3 Å². The molecule has 146 valence electrons. The SMILES string of the molecule is COC(=O)Cc1ccc(S(=O)(=O)Nc2cc(C)nn2-c2ccc(F)cc2)cc1. The van der Waals surface area contributed by atoms with Crippen LogP contribution in [0.15, 0.2) is 59.5 Å². The van der Waals surface area contributed by atoms with E-state index in [4.69, 9.17) is 0 Å². The summed E-state index contributed by atoms with van der Waals surface area (Å²) in [6, 6.07) is 13.0. The molecule has 0 amide bonds. The molecule has 0 aliphatic rings. The Morgan fingerprint density at radius 1 is 1.14 bits per heavy atom. The number of benzene rings is 2. The Labute approximate surface area is 161 Å². The van der Waals surface area contributed by atoms with Crippen LogP contribution < -0.4 is 4.72 Å². The van der Waals surface area contributed by atoms with Crippen molar-refractivity contribution < 1.29 is 22.3 Å². The van der Waals surface area contributed by atoms with E-state index >= 15 is 0 Å². The first-order valence-electron chi connectivity index (χ1n) is 8.30. The molecule has 0 saturated heterocycles. The molecule has 0 radical (unpaired) electrons. The van der Waals surface area contributed by atoms with Gasteiger partial charge in [-0.05, 0) is 48.9 Å². The largest absolute Gasteiger partial charge is 0.469 e. The van der Waals surface area contributed by atoms with Gasteiger partial charge in [0.25, 0.3) is 10.0 Å². The number of halogens is 1. The van der Waals surface area contributed by atoms with Gasteiger partial charge in [-0.2, -0.15) is 5.10 Å². The van der Waals surface area contributed by atoms with Crippen molar-refractivity contribution in [2.45, 2.75) is 18.2 Å². The van der Waals surface area contributed by atoms with Crippen LogP contribution in [-0.2, 0) is 26.0 Å². The summed E-state index contributed by atoms with van der Waals surface area (Å²) in [5.41, 5.74) is 1.74. The second-order valence-corrected chi connectivity index (χ2v) is 7.74. The average Bonchev–Trinajstić information content (AvgIpc) is 3.02. The number of aromatic nitrogens is 2. The van der Waals surface area contributed by atoms with E-state index in [0.717, 1.165) is 0 Å². The number of sulfonamides is 1. The van der Waals surface area contributed by atoms with Crippen molar-refractivity contribution in [2.24, 2.45) is 0 Å². The lowest BCUT2D eigenvalue weighted by molar-refractivity contribution is -0.139. The Hall–Kier alpha value is -3.20. The van der Waals surface area contributed by atoms with E-state index in [9.17, 15) is 17.6 Å². The van der Waals surface area contributed by atoms with Gasteiger partial charge in [0.05, 0.1) is 29.8 Å². The molecule has 28 heavy (non-hydrogen) atoms. The molecule has 0 aliphatic heterocycles. The number of carbonyl (C=O) groups is 1. The van der Waals surface area contributed by atoms with Crippen molar-refractivity contribution in [3.8, 4) is 5.69 Å². The third-order valence-electron chi connectivity index (χ3n) is 3.95. The topological polar surface area (TPSA) is 90.3 Å². The highest BCUT2D eigenvalue weighted by Gasteiger charge is 2.18. The van der Waals surface area contributed by atoms with Crippen LogP contribution in [0.25, 0.3) is 5.69 Å². The third-order valence-corrected chi connectivity index (χ3v) is 5.32. The van der Waals surface area contributed by atoms with Crippen molar-refractivity contribution >= 4 is 21.8 Å². The van der Waals surface area contributed by atoms with Gasteiger partial charge in [0.15, 0.2) is 0 Å². The Balaban J connectivity index is 1.87. The Kier molecular flexibility index (Phi) is 5.46. The molecular weight excluding hydrogens is 385 g/mol. The van der Waals surface area contributed by atoms with Gasteiger partial charge in [0.2, 0.25) is 0 Å². The van der Waals surface area contributed by atoms with Gasteiger partial charge in [0.1, 0.15) is 11.6 Å². The number of esters is 1. The van der Waals surface area contributed by atoms with E-state index in [0.29, 0.717) is 16.9 Å². The van der Waals surface area contributed by atoms with E-state index in [1.165, 1.54) is 48.2 Å². The Morgan fingerprint density at radius 2 is 1.79 bits per heavy atom. The molecule has 0 saturated carbocycles. The van der Waals surface area contributed by atoms with E-state index in [1.54, 1.807) is 25.1 Å². The summed E-state index contributed by atoms with van der Waals surface area (Å²) in [6.45, 7) is 1.72. The lowest BCUT2D eigenvalue weighted by atomic mass is 10.2. The Bertz CT molecular complexity index is 1090. The normalized spacial score (nSPS) is 11.2. The number of rotatable bonds is 6. The molecule has 1 heterocycles. The first-order chi connectivity index (χ1) is 13.3. The van der Waals surface area contributed by atoms with Crippen LogP contribution in [0.5, 0.6) is 0 Å². The molecule has 1 N–H and O–H groups in total. The van der Waals surface area contributed by atoms with Crippen LogP contribution in [0.3, 0.4) is 0 Å². The van der Waals surface area contributed by atoms with Gasteiger partial charge >= 0.3 is 5.97 Å². The monoisotopic (exact) mass is 403 g/mol. The van der Waals surface area contributed by atoms with Gasteiger partial charge in [-0.3, -0.25) is 9.52 Å². The zero-order valence-corrected chi connectivity index (χ0v) is 16.0. The van der Waals surface area contributed by atoms with E-state index < -0.39 is 21.8 Å². The van der Waals surface area contributed by atoms with Crippen LogP contribution in [0.4, 0.5) is 10.2 Å². The van der Waals surface area contributed by atoms with Gasteiger partial charge in [-0.15, -0.1) is 0 Å². The van der Waals surface area contributed by atoms with Crippen molar-refractivity contribution in [3.05, 3.63) is 71.7 Å². The molecule has 2 aromatic carbocycles. The fourth-order valence-electron chi connectivity index (χ4n) is 2.57. The van der Waals surface area contributed by atoms with Crippen LogP contribution in [0.1, 0.15) is 11.3 Å². The first kappa shape index (κ1) is 19.6. The smallest absolute Gasteiger partial charge is 0.309 e. The van der Waals surface area contributed by atoms with Crippen molar-refractivity contribution in [1.82, 2.24) is 9.78 Å². The summed E-state index contributed by atoms with van der Waals surface area (Å²) in [5, 5.41) is 4.26. The standard InChI is InChI=1S/C19H18FN3O4S/c1-13-11-18(23(21-13)16-7-5-15(20)6-8-16)22-28(25,26)17-9-3-14(4-10-17)12-19(24)27-2/h3-11,22H,12H2,1-2H3. The second kappa shape index (κ2) is 7.81. The van der Waals surface area contributed by atoms with Gasteiger partial charge < -0.3 is 4.74 Å². The molecule has 1 aromatic heterocycles. The van der Waals surface area contributed by atoms with Crippen LogP contribution in [0.2, 0.25) is 0 Å². The molecule has 0 unspecified atom stereocenters. The van der Waals surface area contributed by atoms with Crippen molar-refractivity contribution in [1.29, 1.82) is 0 Å². The van der Waals surface area contributed by atoms with Gasteiger partial charge in [-0.1, -0.05) is 12.1 Å². The van der Waals surface area contributed by atoms with Gasteiger partial charge in [-0.25, -0.2) is 17.5 Å². The average molecular weight is 403 g/mol. The Morgan fingerprint density at radius 3 is 2.39 bits per heavy atom. The number of nitrogens with zero attached hydrogens (tertiary/aromatic N) is 2. The molecule has 0 atom stereocenters. The molecular formula is C19H18FN3O4S. The van der Waals surface area contributed by atoms with Gasteiger partial charge in [0, 0.05) is 6.07 Å². The lowest BCUT2D eigenvalue weighted by Crippen LogP contribution is -2.16. The molecule has 0 aliphatic carbocycles. The number of methoxy groups -OCH3 is 1. The fraction of sp³-hybridized carbons (Fsp3) is 0.158. The molecule has 9 heteroatoms. The predicted octanol–water partition coefficient (Wildman–Crippen LogP) is 2.84. The minimum Gasteiger partial charge on any atom is -0.469 e. The third kappa shape index (κ3) is 4.37. The minimum atomic E-state index is -3.89. The minimum absolute atomic E-state index is 0.0330. The zero-order valence-electron chi connectivity index (χ0n) is 15.2. The van der Waals surface area contributed by atoms with Crippen molar-refractivity contribution in [2.75, 3.05) is 11.8 Å². The molecule has 7 nitrogen and oxygen atoms in total. The second-order valence-electron chi connectivity index (χ2n) is 6.06. The molecule has 0 bridgehead atoms. The first-order valence-corrected chi connectivity index (χ1v) is 9.78. The summed E-state index contributed by atoms with van der Waals surface area (Å²) in [5.74, 6) is -0.586. The number of anilines is 1. The van der Waals surface area contributed by atoms with Crippen LogP contribution >= 0.6 is 0 Å². The maximum Gasteiger partial charge on any atom is 0.309 e. The highest BCUT2D eigenvalue weighted by Crippen LogP contribution is 2.21. The molecule has 3 rings (SSSR count). The summed E-state index contributed by atoms with van der Waals surface area (Å²) in [6.07, 6.45) is 0.0563. The number of hydrogen-bond acceptors (Lipinski definition) is 5. The molecule has 0 spiro atoms. The summed E-state index contributed by atoms with van der Waals surface area (Å²) in [4.78, 5) is 11.3. The highest BCUT2D eigenvalue weighted by atomic mass is 32.2. The number of hydrogen-bond donors (Lipinski definition) is 1. The number of ether oxygens (including phenoxy) is 1. The van der Waals surface area contributed by atoms with Crippen molar-refractivity contribution in [3.63, 3.8) is 0 Å².